The molecule has 0 radical (unpaired) electrons. The van der Waals surface area contributed by atoms with Gasteiger partial charge >= 0.3 is 0 Å². The van der Waals surface area contributed by atoms with Gasteiger partial charge in [0.05, 0.1) is 25.0 Å². The van der Waals surface area contributed by atoms with E-state index in [0.29, 0.717) is 42.8 Å². The third-order valence-electron chi connectivity index (χ3n) is 5.00. The van der Waals surface area contributed by atoms with Gasteiger partial charge in [0.1, 0.15) is 5.00 Å². The molecule has 0 saturated carbocycles. The van der Waals surface area contributed by atoms with Gasteiger partial charge in [-0.15, -0.1) is 11.3 Å². The molecular weight excluding hydrogens is 352 g/mol. The number of amides is 2. The van der Waals surface area contributed by atoms with Gasteiger partial charge in [-0.3, -0.25) is 9.59 Å². The van der Waals surface area contributed by atoms with Crippen LogP contribution in [0, 0.1) is 5.92 Å². The molecule has 138 valence electrons. The third kappa shape index (κ3) is 3.29. The van der Waals surface area contributed by atoms with Crippen LogP contribution in [-0.4, -0.2) is 43.0 Å². The molecule has 2 amide bonds. The number of rotatable bonds is 3. The quantitative estimate of drug-likeness (QED) is 0.896. The molecule has 4 rings (SSSR count). The largest absolute Gasteiger partial charge is 0.459 e. The van der Waals surface area contributed by atoms with Crippen molar-refractivity contribution in [3.05, 3.63) is 40.2 Å². The Morgan fingerprint density at radius 2 is 2.12 bits per heavy atom. The van der Waals surface area contributed by atoms with Crippen LogP contribution in [0.2, 0.25) is 0 Å². The number of morpholine rings is 1. The maximum absolute atomic E-state index is 13.2. The molecule has 0 spiro atoms. The maximum Gasteiger partial charge on any atom is 0.291 e. The van der Waals surface area contributed by atoms with E-state index in [0.717, 1.165) is 24.8 Å². The minimum atomic E-state index is -0.322. The van der Waals surface area contributed by atoms with Gasteiger partial charge < -0.3 is 19.4 Å². The van der Waals surface area contributed by atoms with Gasteiger partial charge in [0.2, 0.25) is 0 Å². The van der Waals surface area contributed by atoms with Crippen molar-refractivity contribution in [2.24, 2.45) is 5.92 Å². The monoisotopic (exact) mass is 374 g/mol. The van der Waals surface area contributed by atoms with Crippen LogP contribution >= 0.6 is 11.3 Å². The molecule has 1 saturated heterocycles. The number of thiophene rings is 1. The van der Waals surface area contributed by atoms with E-state index in [-0.39, 0.29) is 17.6 Å². The first-order valence-corrected chi connectivity index (χ1v) is 9.81. The Kier molecular flexibility index (Phi) is 4.82. The van der Waals surface area contributed by atoms with Crippen molar-refractivity contribution < 1.29 is 18.7 Å². The van der Waals surface area contributed by atoms with Crippen LogP contribution in [-0.2, 0) is 17.6 Å². The molecule has 1 aliphatic heterocycles. The van der Waals surface area contributed by atoms with Crippen molar-refractivity contribution in [3.8, 4) is 0 Å². The second-order valence-corrected chi connectivity index (χ2v) is 8.00. The minimum absolute atomic E-state index is 0.00454. The number of furan rings is 1. The summed E-state index contributed by atoms with van der Waals surface area (Å²) in [6.45, 7) is 4.52. The molecule has 2 aromatic heterocycles. The molecule has 7 heteroatoms. The van der Waals surface area contributed by atoms with Crippen LogP contribution in [0.15, 0.2) is 22.8 Å². The van der Waals surface area contributed by atoms with Crippen LogP contribution < -0.4 is 5.32 Å². The van der Waals surface area contributed by atoms with E-state index in [9.17, 15) is 9.59 Å². The summed E-state index contributed by atoms with van der Waals surface area (Å²) in [6.07, 6.45) is 4.38. The van der Waals surface area contributed by atoms with Crippen LogP contribution in [0.3, 0.4) is 0 Å². The van der Waals surface area contributed by atoms with E-state index >= 15 is 0 Å². The topological polar surface area (TPSA) is 71.8 Å². The normalized spacial score (nSPS) is 19.9. The zero-order valence-corrected chi connectivity index (χ0v) is 15.6. The van der Waals surface area contributed by atoms with E-state index < -0.39 is 0 Å². The van der Waals surface area contributed by atoms with Gasteiger partial charge in [-0.25, -0.2) is 0 Å². The summed E-state index contributed by atoms with van der Waals surface area (Å²) >= 11 is 1.53. The number of hydrogen-bond donors (Lipinski definition) is 1. The Balaban J connectivity index is 1.68. The summed E-state index contributed by atoms with van der Waals surface area (Å²) in [7, 11) is 0. The molecule has 1 N–H and O–H groups in total. The van der Waals surface area contributed by atoms with Crippen LogP contribution in [0.1, 0.15) is 44.7 Å². The maximum atomic E-state index is 13.2. The minimum Gasteiger partial charge on any atom is -0.459 e. The number of nitrogens with zero attached hydrogens (tertiary/aromatic N) is 1. The van der Waals surface area contributed by atoms with E-state index in [2.05, 4.69) is 12.2 Å². The lowest BCUT2D eigenvalue weighted by Crippen LogP contribution is -2.41. The van der Waals surface area contributed by atoms with Crippen molar-refractivity contribution >= 4 is 28.2 Å². The molecule has 1 aliphatic carbocycles. The van der Waals surface area contributed by atoms with Gasteiger partial charge in [-0.2, -0.15) is 0 Å². The first-order chi connectivity index (χ1) is 12.6. The number of ether oxygens (including phenoxy) is 1. The SMILES string of the molecule is C[C@H]1CCc2c(sc(NC(=O)c3ccco3)c2C(=O)N2CCOCC2)C1. The Morgan fingerprint density at radius 1 is 1.31 bits per heavy atom. The number of carbonyl (C=O) groups is 2. The second-order valence-electron chi connectivity index (χ2n) is 6.89. The van der Waals surface area contributed by atoms with Crippen molar-refractivity contribution in [1.82, 2.24) is 4.90 Å². The molecule has 3 heterocycles. The Hall–Kier alpha value is -2.12. The average Bonchev–Trinajstić information content (AvgIpc) is 3.29. The van der Waals surface area contributed by atoms with Crippen molar-refractivity contribution in [1.29, 1.82) is 0 Å². The fourth-order valence-electron chi connectivity index (χ4n) is 3.56. The predicted octanol–water partition coefficient (Wildman–Crippen LogP) is 3.19. The highest BCUT2D eigenvalue weighted by Crippen LogP contribution is 2.40. The molecule has 2 aliphatic rings. The fourth-order valence-corrected chi connectivity index (χ4v) is 4.96. The fraction of sp³-hybridized carbons (Fsp3) is 0.474. The summed E-state index contributed by atoms with van der Waals surface area (Å²) in [6, 6.07) is 3.30. The van der Waals surface area contributed by atoms with Crippen molar-refractivity contribution in [2.45, 2.75) is 26.2 Å². The molecule has 1 atom stereocenters. The van der Waals surface area contributed by atoms with E-state index in [4.69, 9.17) is 9.15 Å². The zero-order valence-electron chi connectivity index (χ0n) is 14.7. The second kappa shape index (κ2) is 7.25. The van der Waals surface area contributed by atoms with Gasteiger partial charge in [0.15, 0.2) is 5.76 Å². The van der Waals surface area contributed by atoms with E-state index in [1.807, 2.05) is 4.90 Å². The number of hydrogen-bond acceptors (Lipinski definition) is 5. The van der Waals surface area contributed by atoms with Gasteiger partial charge in [0.25, 0.3) is 11.8 Å². The molecule has 0 bridgehead atoms. The predicted molar refractivity (Wildman–Crippen MR) is 98.9 cm³/mol. The number of nitrogens with one attached hydrogen (secondary N) is 1. The highest BCUT2D eigenvalue weighted by atomic mass is 32.1. The Morgan fingerprint density at radius 3 is 2.85 bits per heavy atom. The molecular formula is C19H22N2O4S. The van der Waals surface area contributed by atoms with Crippen LogP contribution in [0.4, 0.5) is 5.00 Å². The summed E-state index contributed by atoms with van der Waals surface area (Å²) in [4.78, 5) is 28.7. The van der Waals surface area contributed by atoms with Crippen molar-refractivity contribution in [2.75, 3.05) is 31.6 Å². The number of carbonyl (C=O) groups excluding carboxylic acids is 2. The molecule has 26 heavy (non-hydrogen) atoms. The molecule has 0 aromatic carbocycles. The van der Waals surface area contributed by atoms with Crippen molar-refractivity contribution in [3.63, 3.8) is 0 Å². The number of anilines is 1. The standard InChI is InChI=1S/C19H22N2O4S/c1-12-4-5-13-15(11-12)26-18(20-17(22)14-3-2-8-25-14)16(13)19(23)21-6-9-24-10-7-21/h2-3,8,12H,4-7,9-11H2,1H3,(H,20,22)/t12-/m0/s1. The van der Waals surface area contributed by atoms with E-state index in [1.165, 1.54) is 22.5 Å². The number of fused-ring (bicyclic) bond motifs is 1. The molecule has 6 nitrogen and oxygen atoms in total. The van der Waals surface area contributed by atoms with E-state index in [1.54, 1.807) is 12.1 Å². The lowest BCUT2D eigenvalue weighted by atomic mass is 9.88. The first kappa shape index (κ1) is 17.3. The van der Waals surface area contributed by atoms with Gasteiger partial charge in [-0.05, 0) is 42.9 Å². The summed E-state index contributed by atoms with van der Waals surface area (Å²) < 4.78 is 10.5. The highest BCUT2D eigenvalue weighted by Gasteiger charge is 2.31. The first-order valence-electron chi connectivity index (χ1n) is 9.00. The lowest BCUT2D eigenvalue weighted by Gasteiger charge is -2.28. The summed E-state index contributed by atoms with van der Waals surface area (Å²) in [5.74, 6) is 0.517. The van der Waals surface area contributed by atoms with Crippen LogP contribution in [0.25, 0.3) is 0 Å². The summed E-state index contributed by atoms with van der Waals surface area (Å²) in [5, 5.41) is 3.55. The third-order valence-corrected chi connectivity index (χ3v) is 6.17. The van der Waals surface area contributed by atoms with Gasteiger partial charge in [-0.1, -0.05) is 6.92 Å². The molecule has 0 unspecified atom stereocenters. The lowest BCUT2D eigenvalue weighted by molar-refractivity contribution is 0.0303. The van der Waals surface area contributed by atoms with Crippen LogP contribution in [0.5, 0.6) is 0 Å². The average molecular weight is 374 g/mol. The Labute approximate surface area is 156 Å². The smallest absolute Gasteiger partial charge is 0.291 e. The van der Waals surface area contributed by atoms with Gasteiger partial charge in [0, 0.05) is 18.0 Å². The molecule has 2 aromatic rings. The zero-order chi connectivity index (χ0) is 18.1. The molecule has 1 fully saturated rings. The Bertz CT molecular complexity index is 806. The summed E-state index contributed by atoms with van der Waals surface area (Å²) in [5.41, 5.74) is 1.78. The highest BCUT2D eigenvalue weighted by molar-refractivity contribution is 7.17.